The summed E-state index contributed by atoms with van der Waals surface area (Å²) < 4.78 is 18.8. The number of guanidine groups is 1. The van der Waals surface area contributed by atoms with Crippen molar-refractivity contribution in [3.63, 3.8) is 0 Å². The van der Waals surface area contributed by atoms with E-state index in [-0.39, 0.29) is 11.9 Å². The van der Waals surface area contributed by atoms with Gasteiger partial charge in [-0.2, -0.15) is 0 Å². The Hall–Kier alpha value is -1.82. The molecule has 1 aliphatic heterocycles. The van der Waals surface area contributed by atoms with Gasteiger partial charge in [0, 0.05) is 31.7 Å². The molecule has 1 heterocycles. The normalized spacial score (nSPS) is 20.7. The monoisotopic (exact) mass is 362 g/mol. The van der Waals surface area contributed by atoms with Crippen molar-refractivity contribution < 1.29 is 9.13 Å². The highest BCUT2D eigenvalue weighted by Crippen LogP contribution is 2.29. The van der Waals surface area contributed by atoms with Gasteiger partial charge < -0.3 is 20.3 Å². The van der Waals surface area contributed by atoms with Crippen molar-refractivity contribution >= 4 is 5.96 Å². The Bertz CT molecular complexity index is 580. The Labute approximate surface area is 156 Å². The van der Waals surface area contributed by atoms with Crippen LogP contribution >= 0.6 is 0 Å². The molecule has 2 N–H and O–H groups in total. The van der Waals surface area contributed by atoms with Crippen LogP contribution < -0.4 is 15.4 Å². The predicted molar refractivity (Wildman–Crippen MR) is 103 cm³/mol. The highest BCUT2D eigenvalue weighted by molar-refractivity contribution is 5.80. The number of aliphatic imine (C=N–C) groups is 1. The van der Waals surface area contributed by atoms with Crippen LogP contribution in [-0.2, 0) is 0 Å². The van der Waals surface area contributed by atoms with Crippen molar-refractivity contribution in [3.05, 3.63) is 30.1 Å². The lowest BCUT2D eigenvalue weighted by molar-refractivity contribution is 0.197. The topological polar surface area (TPSA) is 48.9 Å². The maximum absolute atomic E-state index is 13.0. The average molecular weight is 362 g/mol. The molecule has 1 aliphatic carbocycles. The highest BCUT2D eigenvalue weighted by atomic mass is 19.1. The second-order valence-corrected chi connectivity index (χ2v) is 7.29. The summed E-state index contributed by atoms with van der Waals surface area (Å²) in [5, 5.41) is 6.89. The van der Waals surface area contributed by atoms with E-state index in [1.165, 1.54) is 50.9 Å². The standard InChI is InChI=1S/C20H31FN4O/c1-3-22-20(24-17-10-12-25(13-11-17)18-6-7-18)23-14-15(2)26-19-8-4-16(21)5-9-19/h4-5,8-9,15,17-18H,3,6-7,10-14H2,1-2H3,(H2,22,23,24). The number of benzene rings is 1. The van der Waals surface area contributed by atoms with E-state index in [0.29, 0.717) is 18.3 Å². The molecule has 1 aromatic carbocycles. The second-order valence-electron chi connectivity index (χ2n) is 7.29. The van der Waals surface area contributed by atoms with Crippen LogP contribution in [0.3, 0.4) is 0 Å². The number of rotatable bonds is 7. The van der Waals surface area contributed by atoms with Crippen LogP contribution in [0, 0.1) is 5.82 Å². The van der Waals surface area contributed by atoms with E-state index in [4.69, 9.17) is 4.74 Å². The molecule has 0 radical (unpaired) electrons. The first-order chi connectivity index (χ1) is 12.6. The van der Waals surface area contributed by atoms with Gasteiger partial charge in [-0.3, -0.25) is 0 Å². The Morgan fingerprint density at radius 2 is 1.92 bits per heavy atom. The first-order valence-electron chi connectivity index (χ1n) is 9.85. The van der Waals surface area contributed by atoms with Crippen LogP contribution in [0.5, 0.6) is 5.75 Å². The summed E-state index contributed by atoms with van der Waals surface area (Å²) in [5.41, 5.74) is 0. The van der Waals surface area contributed by atoms with Crippen LogP contribution in [0.25, 0.3) is 0 Å². The highest BCUT2D eigenvalue weighted by Gasteiger charge is 2.31. The molecule has 1 atom stereocenters. The molecule has 3 rings (SSSR count). The lowest BCUT2D eigenvalue weighted by Crippen LogP contribution is -2.49. The van der Waals surface area contributed by atoms with E-state index in [1.807, 2.05) is 6.92 Å². The van der Waals surface area contributed by atoms with E-state index in [9.17, 15) is 4.39 Å². The maximum Gasteiger partial charge on any atom is 0.191 e. The Morgan fingerprint density at radius 1 is 1.23 bits per heavy atom. The molecule has 6 heteroatoms. The number of nitrogens with one attached hydrogen (secondary N) is 2. The predicted octanol–water partition coefficient (Wildman–Crippen LogP) is 2.77. The van der Waals surface area contributed by atoms with Crippen molar-refractivity contribution in [1.29, 1.82) is 0 Å². The molecule has 0 amide bonds. The van der Waals surface area contributed by atoms with Gasteiger partial charge >= 0.3 is 0 Å². The Kier molecular flexibility index (Phi) is 6.72. The fraction of sp³-hybridized carbons (Fsp3) is 0.650. The van der Waals surface area contributed by atoms with E-state index in [2.05, 4.69) is 27.4 Å². The quantitative estimate of drug-likeness (QED) is 0.578. The molecule has 1 saturated carbocycles. The van der Waals surface area contributed by atoms with Gasteiger partial charge in [0.15, 0.2) is 5.96 Å². The summed E-state index contributed by atoms with van der Waals surface area (Å²) in [6, 6.07) is 7.45. The molecule has 0 spiro atoms. The zero-order valence-corrected chi connectivity index (χ0v) is 15.9. The summed E-state index contributed by atoms with van der Waals surface area (Å²) in [6.45, 7) is 7.81. The Balaban J connectivity index is 1.45. The first-order valence-corrected chi connectivity index (χ1v) is 9.85. The fourth-order valence-corrected chi connectivity index (χ4v) is 3.36. The van der Waals surface area contributed by atoms with E-state index >= 15 is 0 Å². The third kappa shape index (κ3) is 5.87. The molecule has 5 nitrogen and oxygen atoms in total. The van der Waals surface area contributed by atoms with Gasteiger partial charge in [0.1, 0.15) is 17.7 Å². The fourth-order valence-electron chi connectivity index (χ4n) is 3.36. The maximum atomic E-state index is 13.0. The van der Waals surface area contributed by atoms with Gasteiger partial charge in [0.05, 0.1) is 6.54 Å². The molecule has 1 aromatic rings. The lowest BCUT2D eigenvalue weighted by atomic mass is 10.1. The van der Waals surface area contributed by atoms with Crippen LogP contribution in [-0.4, -0.2) is 55.2 Å². The van der Waals surface area contributed by atoms with Crippen LogP contribution in [0.15, 0.2) is 29.3 Å². The van der Waals surface area contributed by atoms with Crippen molar-refractivity contribution in [1.82, 2.24) is 15.5 Å². The molecular weight excluding hydrogens is 331 g/mol. The smallest absolute Gasteiger partial charge is 0.191 e. The number of hydrogen-bond donors (Lipinski definition) is 2. The van der Waals surface area contributed by atoms with Crippen LogP contribution in [0.1, 0.15) is 39.5 Å². The summed E-state index contributed by atoms with van der Waals surface area (Å²) >= 11 is 0. The van der Waals surface area contributed by atoms with Crippen LogP contribution in [0.2, 0.25) is 0 Å². The third-order valence-electron chi connectivity index (χ3n) is 4.94. The largest absolute Gasteiger partial charge is 0.489 e. The summed E-state index contributed by atoms with van der Waals surface area (Å²) in [5.74, 6) is 1.26. The van der Waals surface area contributed by atoms with Gasteiger partial charge in [-0.15, -0.1) is 0 Å². The molecule has 2 aliphatic rings. The van der Waals surface area contributed by atoms with E-state index in [1.54, 1.807) is 12.1 Å². The second kappa shape index (κ2) is 9.21. The number of likely N-dealkylation sites (tertiary alicyclic amines) is 1. The van der Waals surface area contributed by atoms with Crippen molar-refractivity contribution in [3.8, 4) is 5.75 Å². The molecule has 1 saturated heterocycles. The van der Waals surface area contributed by atoms with E-state index < -0.39 is 0 Å². The lowest BCUT2D eigenvalue weighted by Gasteiger charge is -2.33. The van der Waals surface area contributed by atoms with Crippen molar-refractivity contribution in [2.75, 3.05) is 26.2 Å². The number of hydrogen-bond acceptors (Lipinski definition) is 3. The minimum atomic E-state index is -0.255. The van der Waals surface area contributed by atoms with Gasteiger partial charge in [0.25, 0.3) is 0 Å². The molecule has 0 bridgehead atoms. The third-order valence-corrected chi connectivity index (χ3v) is 4.94. The van der Waals surface area contributed by atoms with Crippen molar-refractivity contribution in [2.24, 2.45) is 4.99 Å². The molecule has 144 valence electrons. The molecule has 0 aromatic heterocycles. The van der Waals surface area contributed by atoms with Crippen molar-refractivity contribution in [2.45, 2.75) is 57.7 Å². The number of halogens is 1. The molecule has 1 unspecified atom stereocenters. The first kappa shape index (κ1) is 19.0. The average Bonchev–Trinajstić information content (AvgIpc) is 3.48. The minimum Gasteiger partial charge on any atom is -0.489 e. The zero-order valence-electron chi connectivity index (χ0n) is 15.9. The van der Waals surface area contributed by atoms with Crippen LogP contribution in [0.4, 0.5) is 4.39 Å². The zero-order chi connectivity index (χ0) is 18.4. The number of piperidine rings is 1. The van der Waals surface area contributed by atoms with Gasteiger partial charge in [-0.25, -0.2) is 9.38 Å². The van der Waals surface area contributed by atoms with E-state index in [0.717, 1.165) is 18.5 Å². The summed E-state index contributed by atoms with van der Waals surface area (Å²) in [7, 11) is 0. The van der Waals surface area contributed by atoms with Gasteiger partial charge in [-0.05, 0) is 63.8 Å². The summed E-state index contributed by atoms with van der Waals surface area (Å²) in [6.07, 6.45) is 5.03. The Morgan fingerprint density at radius 3 is 2.54 bits per heavy atom. The van der Waals surface area contributed by atoms with Gasteiger partial charge in [0.2, 0.25) is 0 Å². The molecular formula is C20H31FN4O. The molecule has 26 heavy (non-hydrogen) atoms. The number of ether oxygens (including phenoxy) is 1. The minimum absolute atomic E-state index is 0.0763. The van der Waals surface area contributed by atoms with Gasteiger partial charge in [-0.1, -0.05) is 0 Å². The summed E-state index contributed by atoms with van der Waals surface area (Å²) in [4.78, 5) is 7.30. The SMILES string of the molecule is CCNC(=NCC(C)Oc1ccc(F)cc1)NC1CCN(C2CC2)CC1. The number of nitrogens with zero attached hydrogens (tertiary/aromatic N) is 2. The molecule has 2 fully saturated rings.